The lowest BCUT2D eigenvalue weighted by Gasteiger charge is -2.26. The minimum absolute atomic E-state index is 0.0244. The fourth-order valence-electron chi connectivity index (χ4n) is 3.77. The molecule has 1 amide bonds. The summed E-state index contributed by atoms with van der Waals surface area (Å²) >= 11 is 0. The third-order valence-corrected chi connectivity index (χ3v) is 4.83. The number of carboxylic acids is 1. The quantitative estimate of drug-likeness (QED) is 0.840. The van der Waals surface area contributed by atoms with Crippen LogP contribution in [0.25, 0.3) is 0 Å². The zero-order valence-electron chi connectivity index (χ0n) is 12.7. The van der Waals surface area contributed by atoms with Crippen LogP contribution >= 0.6 is 0 Å². The fourth-order valence-corrected chi connectivity index (χ4v) is 3.77. The Kier molecular flexibility index (Phi) is 4.68. The smallest absolute Gasteiger partial charge is 0.307 e. The molecule has 0 spiro atoms. The lowest BCUT2D eigenvalue weighted by atomic mass is 9.94. The molecule has 5 heteroatoms. The lowest BCUT2D eigenvalue weighted by molar-refractivity contribution is -0.148. The van der Waals surface area contributed by atoms with Crippen LogP contribution in [0.15, 0.2) is 0 Å². The van der Waals surface area contributed by atoms with Gasteiger partial charge in [0.05, 0.1) is 11.8 Å². The number of rotatable bonds is 4. The number of hydrogen-bond acceptors (Lipinski definition) is 3. The van der Waals surface area contributed by atoms with Gasteiger partial charge in [0.15, 0.2) is 0 Å². The number of likely N-dealkylation sites (tertiary alicyclic amines) is 1. The summed E-state index contributed by atoms with van der Waals surface area (Å²) in [4.78, 5) is 27.9. The summed E-state index contributed by atoms with van der Waals surface area (Å²) in [5.74, 6) is -0.761. The topological polar surface area (TPSA) is 60.9 Å². The highest BCUT2D eigenvalue weighted by Crippen LogP contribution is 2.37. The molecular weight excluding hydrogens is 256 g/mol. The minimum atomic E-state index is -0.818. The molecule has 2 aliphatic rings. The van der Waals surface area contributed by atoms with Crippen molar-refractivity contribution in [2.75, 3.05) is 33.7 Å². The number of carboxylic acid groups (broad SMARTS) is 1. The number of carbonyl (C=O) groups is 2. The van der Waals surface area contributed by atoms with Gasteiger partial charge in [0.1, 0.15) is 0 Å². The summed E-state index contributed by atoms with van der Waals surface area (Å²) in [7, 11) is 3.92. The first-order valence-electron chi connectivity index (χ1n) is 7.54. The first kappa shape index (κ1) is 15.3. The van der Waals surface area contributed by atoms with Crippen LogP contribution < -0.4 is 0 Å². The molecule has 1 saturated carbocycles. The van der Waals surface area contributed by atoms with E-state index in [2.05, 4.69) is 11.9 Å². The summed E-state index contributed by atoms with van der Waals surface area (Å²) < 4.78 is 0. The Labute approximate surface area is 120 Å². The first-order valence-corrected chi connectivity index (χ1v) is 7.54. The number of nitrogens with zero attached hydrogens (tertiary/aromatic N) is 2. The van der Waals surface area contributed by atoms with E-state index in [9.17, 15) is 14.7 Å². The molecule has 1 aliphatic heterocycles. The Morgan fingerprint density at radius 3 is 2.50 bits per heavy atom. The van der Waals surface area contributed by atoms with Crippen molar-refractivity contribution in [3.63, 3.8) is 0 Å². The third-order valence-electron chi connectivity index (χ3n) is 4.83. The van der Waals surface area contributed by atoms with Gasteiger partial charge in [0.2, 0.25) is 5.91 Å². The minimum Gasteiger partial charge on any atom is -0.481 e. The molecule has 1 saturated heterocycles. The third kappa shape index (κ3) is 3.32. The van der Waals surface area contributed by atoms with Gasteiger partial charge in [-0.1, -0.05) is 6.92 Å². The number of carbonyl (C=O) groups excluding carboxylic acids is 1. The number of hydrogen-bond donors (Lipinski definition) is 1. The molecule has 1 aliphatic carbocycles. The predicted molar refractivity (Wildman–Crippen MR) is 76.3 cm³/mol. The van der Waals surface area contributed by atoms with E-state index in [0.29, 0.717) is 24.7 Å². The van der Waals surface area contributed by atoms with Crippen molar-refractivity contribution >= 4 is 11.9 Å². The molecule has 0 aromatic rings. The van der Waals surface area contributed by atoms with Gasteiger partial charge in [-0.25, -0.2) is 0 Å². The normalized spacial score (nSPS) is 34.4. The van der Waals surface area contributed by atoms with Gasteiger partial charge < -0.3 is 14.9 Å². The Hall–Kier alpha value is -1.10. The second kappa shape index (κ2) is 6.12. The van der Waals surface area contributed by atoms with Gasteiger partial charge in [0.25, 0.3) is 0 Å². The van der Waals surface area contributed by atoms with Crippen molar-refractivity contribution in [3.05, 3.63) is 0 Å². The van der Waals surface area contributed by atoms with E-state index >= 15 is 0 Å². The number of amides is 1. The Morgan fingerprint density at radius 2 is 1.95 bits per heavy atom. The fraction of sp³-hybridized carbons (Fsp3) is 0.867. The van der Waals surface area contributed by atoms with Crippen LogP contribution in [-0.2, 0) is 9.59 Å². The molecule has 0 radical (unpaired) electrons. The maximum atomic E-state index is 12.5. The Morgan fingerprint density at radius 1 is 1.30 bits per heavy atom. The van der Waals surface area contributed by atoms with Crippen LogP contribution in [0.5, 0.6) is 0 Å². The van der Waals surface area contributed by atoms with E-state index in [0.717, 1.165) is 26.1 Å². The van der Waals surface area contributed by atoms with Gasteiger partial charge in [0, 0.05) is 20.1 Å². The van der Waals surface area contributed by atoms with E-state index in [-0.39, 0.29) is 11.8 Å². The van der Waals surface area contributed by atoms with Crippen molar-refractivity contribution in [2.45, 2.75) is 26.2 Å². The molecule has 2 fully saturated rings. The Balaban J connectivity index is 1.93. The first-order chi connectivity index (χ1) is 9.38. The van der Waals surface area contributed by atoms with E-state index in [1.807, 2.05) is 14.0 Å². The van der Waals surface area contributed by atoms with Crippen LogP contribution in [0, 0.1) is 23.7 Å². The van der Waals surface area contributed by atoms with Gasteiger partial charge >= 0.3 is 5.97 Å². The maximum Gasteiger partial charge on any atom is 0.307 e. The lowest BCUT2D eigenvalue weighted by Crippen LogP contribution is -2.39. The standard InChI is InChI=1S/C15H26N2O3/c1-10-6-12(13(7-10)15(19)20)14(18)17(3)9-11-4-5-16(2)8-11/h10-13H,4-9H2,1-3H3,(H,19,20)/t10?,11?,12-,13+/m0/s1. The van der Waals surface area contributed by atoms with Gasteiger partial charge in [-0.05, 0) is 44.7 Å². The molecule has 2 rings (SSSR count). The maximum absolute atomic E-state index is 12.5. The van der Waals surface area contributed by atoms with Crippen LogP contribution in [-0.4, -0.2) is 60.5 Å². The second-order valence-electron chi connectivity index (χ2n) is 6.76. The van der Waals surface area contributed by atoms with Crippen molar-refractivity contribution in [2.24, 2.45) is 23.7 Å². The van der Waals surface area contributed by atoms with Crippen LogP contribution in [0.2, 0.25) is 0 Å². The van der Waals surface area contributed by atoms with Gasteiger partial charge in [-0.3, -0.25) is 9.59 Å². The molecule has 2 unspecified atom stereocenters. The van der Waals surface area contributed by atoms with Crippen LogP contribution in [0.3, 0.4) is 0 Å². The van der Waals surface area contributed by atoms with Gasteiger partial charge in [-0.2, -0.15) is 0 Å². The predicted octanol–water partition coefficient (Wildman–Crippen LogP) is 1.14. The summed E-state index contributed by atoms with van der Waals surface area (Å²) in [6, 6.07) is 0. The van der Waals surface area contributed by atoms with Crippen molar-refractivity contribution < 1.29 is 14.7 Å². The molecule has 0 bridgehead atoms. The van der Waals surface area contributed by atoms with E-state index in [4.69, 9.17) is 0 Å². The molecule has 20 heavy (non-hydrogen) atoms. The molecule has 0 aromatic carbocycles. The Bertz CT molecular complexity index is 385. The summed E-state index contributed by atoms with van der Waals surface area (Å²) in [5.41, 5.74) is 0. The summed E-state index contributed by atoms with van der Waals surface area (Å²) in [6.07, 6.45) is 2.47. The van der Waals surface area contributed by atoms with Gasteiger partial charge in [-0.15, -0.1) is 0 Å². The van der Waals surface area contributed by atoms with Crippen molar-refractivity contribution in [1.82, 2.24) is 9.80 Å². The SMILES string of the molecule is CC1C[C@H](C(=O)N(C)CC2CCN(C)C2)[C@H](C(=O)O)C1. The monoisotopic (exact) mass is 282 g/mol. The molecule has 114 valence electrons. The zero-order valence-corrected chi connectivity index (χ0v) is 12.7. The molecule has 0 aromatic heterocycles. The highest BCUT2D eigenvalue weighted by molar-refractivity contribution is 5.85. The molecule has 1 N–H and O–H groups in total. The largest absolute Gasteiger partial charge is 0.481 e. The molecule has 1 heterocycles. The molecular formula is C15H26N2O3. The summed E-state index contributed by atoms with van der Waals surface area (Å²) in [6.45, 7) is 4.90. The molecule has 4 atom stereocenters. The van der Waals surface area contributed by atoms with E-state index in [1.165, 1.54) is 0 Å². The van der Waals surface area contributed by atoms with E-state index in [1.54, 1.807) is 4.90 Å². The number of aliphatic carboxylic acids is 1. The summed E-state index contributed by atoms with van der Waals surface area (Å²) in [5, 5.41) is 9.27. The zero-order chi connectivity index (χ0) is 14.9. The average molecular weight is 282 g/mol. The highest BCUT2D eigenvalue weighted by Gasteiger charge is 2.42. The molecule has 5 nitrogen and oxygen atoms in total. The van der Waals surface area contributed by atoms with E-state index < -0.39 is 11.9 Å². The van der Waals surface area contributed by atoms with Crippen molar-refractivity contribution in [3.8, 4) is 0 Å². The van der Waals surface area contributed by atoms with Crippen LogP contribution in [0.1, 0.15) is 26.2 Å². The highest BCUT2D eigenvalue weighted by atomic mass is 16.4. The second-order valence-corrected chi connectivity index (χ2v) is 6.76. The average Bonchev–Trinajstić information content (AvgIpc) is 2.94. The van der Waals surface area contributed by atoms with Crippen LogP contribution in [0.4, 0.5) is 0 Å². The van der Waals surface area contributed by atoms with Crippen molar-refractivity contribution in [1.29, 1.82) is 0 Å².